The van der Waals surface area contributed by atoms with Gasteiger partial charge >= 0.3 is 0 Å². The number of halogens is 1. The number of hydrogen-bond donors (Lipinski definition) is 1. The van der Waals surface area contributed by atoms with E-state index in [-0.39, 0.29) is 5.41 Å². The summed E-state index contributed by atoms with van der Waals surface area (Å²) in [6, 6.07) is 11.5. The summed E-state index contributed by atoms with van der Waals surface area (Å²) in [5.41, 5.74) is 2.98. The Morgan fingerprint density at radius 2 is 1.80 bits per heavy atom. The lowest BCUT2D eigenvalue weighted by Crippen LogP contribution is -2.18. The maximum atomic E-state index is 3.63. The summed E-state index contributed by atoms with van der Waals surface area (Å²) in [5, 5.41) is 5.55. The number of benzene rings is 1. The van der Waals surface area contributed by atoms with E-state index in [0.29, 0.717) is 6.04 Å². The summed E-state index contributed by atoms with van der Waals surface area (Å²) >= 11 is 5.43. The molecule has 0 saturated carbocycles. The Morgan fingerprint density at radius 1 is 1.15 bits per heavy atom. The lowest BCUT2D eigenvalue weighted by atomic mass is 9.86. The van der Waals surface area contributed by atoms with E-state index in [4.69, 9.17) is 0 Å². The molecule has 1 heterocycles. The third-order valence-corrected chi connectivity index (χ3v) is 5.55. The first-order valence-corrected chi connectivity index (χ1v) is 8.58. The van der Waals surface area contributed by atoms with Crippen LogP contribution in [0.15, 0.2) is 40.2 Å². The van der Waals surface area contributed by atoms with E-state index in [2.05, 4.69) is 77.7 Å². The Hall–Kier alpha value is -0.640. The van der Waals surface area contributed by atoms with E-state index in [1.54, 1.807) is 11.3 Å². The number of thiophene rings is 1. The minimum atomic E-state index is 0.220. The first-order chi connectivity index (χ1) is 9.41. The molecule has 0 fully saturated rings. The van der Waals surface area contributed by atoms with Crippen molar-refractivity contribution in [3.63, 3.8) is 0 Å². The molecule has 2 aromatic rings. The van der Waals surface area contributed by atoms with Crippen molar-refractivity contribution in [2.24, 2.45) is 0 Å². The Morgan fingerprint density at radius 3 is 2.25 bits per heavy atom. The highest BCUT2D eigenvalue weighted by Gasteiger charge is 2.16. The van der Waals surface area contributed by atoms with E-state index in [1.165, 1.54) is 20.5 Å². The zero-order valence-corrected chi connectivity index (χ0v) is 14.9. The summed E-state index contributed by atoms with van der Waals surface area (Å²) < 4.78 is 1.20. The van der Waals surface area contributed by atoms with Crippen molar-refractivity contribution < 1.29 is 0 Å². The molecule has 1 aromatic carbocycles. The van der Waals surface area contributed by atoms with Crippen LogP contribution in [0, 0.1) is 0 Å². The molecule has 108 valence electrons. The SMILES string of the molecule is CNC(Cc1ccc(C(C)(C)C)cc1)c1sccc1Br. The molecule has 0 aliphatic carbocycles. The van der Waals surface area contributed by atoms with Crippen LogP contribution in [0.3, 0.4) is 0 Å². The van der Waals surface area contributed by atoms with Gasteiger partial charge in [-0.2, -0.15) is 0 Å². The second-order valence-corrected chi connectivity index (χ2v) is 7.93. The zero-order valence-electron chi connectivity index (χ0n) is 12.5. The first kappa shape index (κ1) is 15.7. The second-order valence-electron chi connectivity index (χ2n) is 6.13. The quantitative estimate of drug-likeness (QED) is 0.786. The zero-order chi connectivity index (χ0) is 14.8. The monoisotopic (exact) mass is 351 g/mol. The van der Waals surface area contributed by atoms with E-state index in [9.17, 15) is 0 Å². The minimum absolute atomic E-state index is 0.220. The molecular weight excluding hydrogens is 330 g/mol. The highest BCUT2D eigenvalue weighted by molar-refractivity contribution is 9.10. The van der Waals surface area contributed by atoms with E-state index in [1.807, 2.05) is 7.05 Å². The molecule has 1 unspecified atom stereocenters. The summed E-state index contributed by atoms with van der Waals surface area (Å²) in [4.78, 5) is 1.37. The maximum Gasteiger partial charge on any atom is 0.0464 e. The van der Waals surface area contributed by atoms with Crippen LogP contribution < -0.4 is 5.32 Å². The standard InChI is InChI=1S/C17H22BrNS/c1-17(2,3)13-7-5-12(6-8-13)11-15(19-4)16-14(18)9-10-20-16/h5-10,15,19H,11H2,1-4H3. The van der Waals surface area contributed by atoms with Gasteiger partial charge in [-0.1, -0.05) is 45.0 Å². The molecule has 1 nitrogen and oxygen atoms in total. The van der Waals surface area contributed by atoms with Gasteiger partial charge in [0.25, 0.3) is 0 Å². The minimum Gasteiger partial charge on any atom is -0.312 e. The van der Waals surface area contributed by atoms with Gasteiger partial charge in [0.2, 0.25) is 0 Å². The van der Waals surface area contributed by atoms with E-state index >= 15 is 0 Å². The molecule has 20 heavy (non-hydrogen) atoms. The fraction of sp³-hybridized carbons (Fsp3) is 0.412. The van der Waals surface area contributed by atoms with Gasteiger partial charge in [0.15, 0.2) is 0 Å². The van der Waals surface area contributed by atoms with Crippen molar-refractivity contribution in [3.8, 4) is 0 Å². The molecule has 0 spiro atoms. The van der Waals surface area contributed by atoms with Crippen molar-refractivity contribution in [2.45, 2.75) is 38.6 Å². The van der Waals surface area contributed by atoms with Crippen LogP contribution in [0.2, 0.25) is 0 Å². The van der Waals surface area contributed by atoms with Gasteiger partial charge in [0, 0.05) is 15.4 Å². The highest BCUT2D eigenvalue weighted by Crippen LogP contribution is 2.31. The highest BCUT2D eigenvalue weighted by atomic mass is 79.9. The average Bonchev–Trinajstić information content (AvgIpc) is 2.82. The van der Waals surface area contributed by atoms with Crippen molar-refractivity contribution >= 4 is 27.3 Å². The van der Waals surface area contributed by atoms with Crippen molar-refractivity contribution in [1.29, 1.82) is 0 Å². The van der Waals surface area contributed by atoms with Gasteiger partial charge in [-0.3, -0.25) is 0 Å². The van der Waals surface area contributed by atoms with Crippen molar-refractivity contribution in [1.82, 2.24) is 5.32 Å². The number of nitrogens with one attached hydrogen (secondary N) is 1. The Labute approximate surface area is 134 Å². The molecule has 3 heteroatoms. The molecule has 2 rings (SSSR count). The Kier molecular flexibility index (Phi) is 5.05. The molecular formula is C17H22BrNS. The topological polar surface area (TPSA) is 12.0 Å². The average molecular weight is 352 g/mol. The summed E-state index contributed by atoms with van der Waals surface area (Å²) in [6.07, 6.45) is 1.01. The van der Waals surface area contributed by atoms with Crippen LogP contribution in [0.25, 0.3) is 0 Å². The van der Waals surface area contributed by atoms with Crippen LogP contribution >= 0.6 is 27.3 Å². The van der Waals surface area contributed by atoms with Crippen molar-refractivity contribution in [2.75, 3.05) is 7.05 Å². The fourth-order valence-corrected chi connectivity index (χ4v) is 4.02. The third kappa shape index (κ3) is 3.72. The van der Waals surface area contributed by atoms with Gasteiger partial charge in [0.05, 0.1) is 0 Å². The molecule has 0 bridgehead atoms. The molecule has 0 radical (unpaired) electrons. The molecule has 0 aliphatic heterocycles. The molecule has 1 N–H and O–H groups in total. The normalized spacial score (nSPS) is 13.4. The second kappa shape index (κ2) is 6.42. The van der Waals surface area contributed by atoms with Crippen LogP contribution in [0.4, 0.5) is 0 Å². The van der Waals surface area contributed by atoms with Gasteiger partial charge in [0.1, 0.15) is 0 Å². The summed E-state index contributed by atoms with van der Waals surface area (Å²) in [5.74, 6) is 0. The van der Waals surface area contributed by atoms with Gasteiger partial charge in [-0.25, -0.2) is 0 Å². The van der Waals surface area contributed by atoms with Gasteiger partial charge in [-0.05, 0) is 57.4 Å². The van der Waals surface area contributed by atoms with E-state index in [0.717, 1.165) is 6.42 Å². The number of likely N-dealkylation sites (N-methyl/N-ethyl adjacent to an activating group) is 1. The summed E-state index contributed by atoms with van der Waals surface area (Å²) in [6.45, 7) is 6.75. The lowest BCUT2D eigenvalue weighted by Gasteiger charge is -2.20. The number of rotatable bonds is 4. The van der Waals surface area contributed by atoms with Crippen LogP contribution in [-0.2, 0) is 11.8 Å². The van der Waals surface area contributed by atoms with Gasteiger partial charge in [-0.15, -0.1) is 11.3 Å². The van der Waals surface area contributed by atoms with Crippen LogP contribution in [-0.4, -0.2) is 7.05 Å². The lowest BCUT2D eigenvalue weighted by molar-refractivity contribution is 0.586. The van der Waals surface area contributed by atoms with Crippen molar-refractivity contribution in [3.05, 3.63) is 56.2 Å². The molecule has 1 atom stereocenters. The molecule has 0 amide bonds. The van der Waals surface area contributed by atoms with Crippen LogP contribution in [0.1, 0.15) is 42.8 Å². The Bertz CT molecular complexity index is 551. The number of hydrogen-bond acceptors (Lipinski definition) is 2. The first-order valence-electron chi connectivity index (χ1n) is 6.91. The predicted octanol–water partition coefficient (Wildman–Crippen LogP) is 5.31. The third-order valence-electron chi connectivity index (χ3n) is 3.57. The van der Waals surface area contributed by atoms with Gasteiger partial charge < -0.3 is 5.32 Å². The molecule has 0 saturated heterocycles. The molecule has 1 aromatic heterocycles. The smallest absolute Gasteiger partial charge is 0.0464 e. The maximum absolute atomic E-state index is 3.63. The Balaban J connectivity index is 2.15. The van der Waals surface area contributed by atoms with E-state index < -0.39 is 0 Å². The largest absolute Gasteiger partial charge is 0.312 e. The predicted molar refractivity (Wildman–Crippen MR) is 92.7 cm³/mol. The van der Waals surface area contributed by atoms with Crippen LogP contribution in [0.5, 0.6) is 0 Å². The summed E-state index contributed by atoms with van der Waals surface area (Å²) in [7, 11) is 2.03. The molecule has 0 aliphatic rings. The fourth-order valence-electron chi connectivity index (χ4n) is 2.26.